The topological polar surface area (TPSA) is 17.1 Å². The number of ketones is 1. The Morgan fingerprint density at radius 1 is 1.54 bits per heavy atom. The van der Waals surface area contributed by atoms with Gasteiger partial charge < -0.3 is 0 Å². The van der Waals surface area contributed by atoms with Crippen LogP contribution in [0.15, 0.2) is 36.9 Å². The van der Waals surface area contributed by atoms with Gasteiger partial charge in [0.15, 0.2) is 0 Å². The smallest absolute Gasteiger partial charge is 0.140 e. The molecule has 1 aromatic rings. The highest BCUT2D eigenvalue weighted by Crippen LogP contribution is 2.11. The summed E-state index contributed by atoms with van der Waals surface area (Å²) in [6.07, 6.45) is 2.48. The van der Waals surface area contributed by atoms with Gasteiger partial charge >= 0.3 is 0 Å². The summed E-state index contributed by atoms with van der Waals surface area (Å²) in [5.41, 5.74) is 0.958. The van der Waals surface area contributed by atoms with Crippen molar-refractivity contribution in [2.45, 2.75) is 12.8 Å². The maximum atomic E-state index is 11.2. The lowest BCUT2D eigenvalue weighted by Crippen LogP contribution is -2.00. The highest BCUT2D eigenvalue weighted by atomic mass is 35.5. The molecule has 68 valence electrons. The van der Waals surface area contributed by atoms with Crippen molar-refractivity contribution in [2.75, 3.05) is 0 Å². The van der Waals surface area contributed by atoms with Crippen molar-refractivity contribution in [1.29, 1.82) is 0 Å². The second-order valence-corrected chi connectivity index (χ2v) is 3.27. The molecule has 1 nitrogen and oxygen atoms in total. The summed E-state index contributed by atoms with van der Waals surface area (Å²) in [6.45, 7) is 3.51. The zero-order valence-corrected chi connectivity index (χ0v) is 8.05. The van der Waals surface area contributed by atoms with Gasteiger partial charge in [0.2, 0.25) is 0 Å². The minimum absolute atomic E-state index is 0.164. The molecule has 0 saturated heterocycles. The van der Waals surface area contributed by atoms with E-state index in [9.17, 15) is 4.79 Å². The van der Waals surface area contributed by atoms with E-state index in [0.29, 0.717) is 17.9 Å². The zero-order valence-electron chi connectivity index (χ0n) is 7.29. The van der Waals surface area contributed by atoms with Crippen LogP contribution in [0.1, 0.15) is 12.0 Å². The van der Waals surface area contributed by atoms with Crippen molar-refractivity contribution in [3.8, 4) is 0 Å². The maximum absolute atomic E-state index is 11.2. The van der Waals surface area contributed by atoms with Crippen LogP contribution in [0.4, 0.5) is 0 Å². The van der Waals surface area contributed by atoms with Crippen LogP contribution in [-0.2, 0) is 11.2 Å². The second kappa shape index (κ2) is 4.83. The second-order valence-electron chi connectivity index (χ2n) is 2.84. The Kier molecular flexibility index (Phi) is 3.71. The van der Waals surface area contributed by atoms with Crippen LogP contribution >= 0.6 is 11.6 Å². The number of carbonyl (C=O) groups excluding carboxylic acids is 1. The van der Waals surface area contributed by atoms with Gasteiger partial charge in [-0.1, -0.05) is 29.8 Å². The molecule has 1 rings (SSSR count). The Labute approximate surface area is 83.0 Å². The summed E-state index contributed by atoms with van der Waals surface area (Å²) in [5, 5.41) is 0.670. The van der Waals surface area contributed by atoms with E-state index in [0.717, 1.165) is 5.56 Å². The molecule has 0 amide bonds. The fourth-order valence-electron chi connectivity index (χ4n) is 1.11. The summed E-state index contributed by atoms with van der Waals surface area (Å²) in [7, 11) is 0. The third-order valence-corrected chi connectivity index (χ3v) is 1.90. The molecule has 0 heterocycles. The molecule has 0 bridgehead atoms. The minimum Gasteiger partial charge on any atom is -0.299 e. The first-order valence-electron chi connectivity index (χ1n) is 4.09. The fourth-order valence-corrected chi connectivity index (χ4v) is 1.32. The Morgan fingerprint density at radius 2 is 2.31 bits per heavy atom. The lowest BCUT2D eigenvalue weighted by atomic mass is 10.1. The van der Waals surface area contributed by atoms with Crippen LogP contribution in [0, 0.1) is 0 Å². The molecule has 0 aromatic heterocycles. The standard InChI is InChI=1S/C11H11ClO/c1-2-4-11(13)8-9-5-3-6-10(12)7-9/h2-3,5-7H,1,4,8H2. The van der Waals surface area contributed by atoms with E-state index in [4.69, 9.17) is 11.6 Å². The van der Waals surface area contributed by atoms with Gasteiger partial charge in [0.25, 0.3) is 0 Å². The fraction of sp³-hybridized carbons (Fsp3) is 0.182. The highest BCUT2D eigenvalue weighted by Gasteiger charge is 2.01. The van der Waals surface area contributed by atoms with Gasteiger partial charge in [-0.2, -0.15) is 0 Å². The van der Waals surface area contributed by atoms with E-state index in [1.54, 1.807) is 12.1 Å². The first-order valence-corrected chi connectivity index (χ1v) is 4.47. The lowest BCUT2D eigenvalue weighted by molar-refractivity contribution is -0.117. The molecule has 0 aliphatic rings. The average Bonchev–Trinajstić information content (AvgIpc) is 2.04. The van der Waals surface area contributed by atoms with Crippen molar-refractivity contribution in [1.82, 2.24) is 0 Å². The number of carbonyl (C=O) groups is 1. The van der Waals surface area contributed by atoms with Crippen molar-refractivity contribution in [3.05, 3.63) is 47.5 Å². The first-order chi connectivity index (χ1) is 6.22. The molecule has 0 aliphatic carbocycles. The van der Waals surface area contributed by atoms with E-state index in [1.807, 2.05) is 18.2 Å². The number of benzene rings is 1. The SMILES string of the molecule is C=CCC(=O)Cc1cccc(Cl)c1. The third kappa shape index (κ3) is 3.43. The molecule has 0 aliphatic heterocycles. The summed E-state index contributed by atoms with van der Waals surface area (Å²) in [6, 6.07) is 7.34. The van der Waals surface area contributed by atoms with Crippen molar-refractivity contribution in [3.63, 3.8) is 0 Å². The molecular weight excluding hydrogens is 184 g/mol. The third-order valence-electron chi connectivity index (χ3n) is 1.66. The Balaban J connectivity index is 2.63. The molecule has 0 N–H and O–H groups in total. The highest BCUT2D eigenvalue weighted by molar-refractivity contribution is 6.30. The Bertz CT molecular complexity index is 318. The van der Waals surface area contributed by atoms with E-state index in [1.165, 1.54) is 0 Å². The van der Waals surface area contributed by atoms with Gasteiger partial charge in [0.1, 0.15) is 5.78 Å². The van der Waals surface area contributed by atoms with Gasteiger partial charge in [0, 0.05) is 17.9 Å². The van der Waals surface area contributed by atoms with Crippen LogP contribution in [-0.4, -0.2) is 5.78 Å². The largest absolute Gasteiger partial charge is 0.299 e. The predicted octanol–water partition coefficient (Wildman–Crippen LogP) is 3.03. The van der Waals surface area contributed by atoms with E-state index < -0.39 is 0 Å². The molecular formula is C11H11ClO. The predicted molar refractivity (Wildman–Crippen MR) is 55.0 cm³/mol. The maximum Gasteiger partial charge on any atom is 0.140 e. The zero-order chi connectivity index (χ0) is 9.68. The molecule has 0 fully saturated rings. The molecule has 0 unspecified atom stereocenters. The minimum atomic E-state index is 0.164. The normalized spacial score (nSPS) is 9.62. The summed E-state index contributed by atoms with van der Waals surface area (Å²) >= 11 is 5.77. The average molecular weight is 195 g/mol. The van der Waals surface area contributed by atoms with E-state index in [2.05, 4.69) is 6.58 Å². The van der Waals surface area contributed by atoms with Crippen LogP contribution in [0.5, 0.6) is 0 Å². The monoisotopic (exact) mass is 194 g/mol. The number of hydrogen-bond donors (Lipinski definition) is 0. The molecule has 0 atom stereocenters. The van der Waals surface area contributed by atoms with Crippen molar-refractivity contribution >= 4 is 17.4 Å². The summed E-state index contributed by atoms with van der Waals surface area (Å²) in [5.74, 6) is 0.164. The van der Waals surface area contributed by atoms with Gasteiger partial charge in [-0.05, 0) is 17.7 Å². The number of rotatable bonds is 4. The molecule has 0 spiro atoms. The van der Waals surface area contributed by atoms with Gasteiger partial charge in [-0.15, -0.1) is 6.58 Å². The van der Waals surface area contributed by atoms with Gasteiger partial charge in [-0.3, -0.25) is 4.79 Å². The van der Waals surface area contributed by atoms with Crippen LogP contribution in [0.25, 0.3) is 0 Å². The number of halogens is 1. The summed E-state index contributed by atoms with van der Waals surface area (Å²) in [4.78, 5) is 11.2. The van der Waals surface area contributed by atoms with Gasteiger partial charge in [0.05, 0.1) is 0 Å². The number of Topliss-reactive ketones (excluding diaryl/α,β-unsaturated/α-hetero) is 1. The number of hydrogen-bond acceptors (Lipinski definition) is 1. The molecule has 0 saturated carbocycles. The van der Waals surface area contributed by atoms with Gasteiger partial charge in [-0.25, -0.2) is 0 Å². The molecule has 0 radical (unpaired) electrons. The van der Waals surface area contributed by atoms with Crippen molar-refractivity contribution < 1.29 is 4.79 Å². The molecule has 2 heteroatoms. The van der Waals surface area contributed by atoms with Crippen LogP contribution < -0.4 is 0 Å². The van der Waals surface area contributed by atoms with Crippen LogP contribution in [0.3, 0.4) is 0 Å². The molecule has 13 heavy (non-hydrogen) atoms. The molecule has 1 aromatic carbocycles. The Morgan fingerprint density at radius 3 is 2.92 bits per heavy atom. The van der Waals surface area contributed by atoms with Crippen LogP contribution in [0.2, 0.25) is 5.02 Å². The number of allylic oxidation sites excluding steroid dienone is 1. The van der Waals surface area contributed by atoms with E-state index in [-0.39, 0.29) is 5.78 Å². The first kappa shape index (κ1) is 10.0. The quantitative estimate of drug-likeness (QED) is 0.674. The lowest BCUT2D eigenvalue weighted by Gasteiger charge is -1.98. The summed E-state index contributed by atoms with van der Waals surface area (Å²) < 4.78 is 0. The van der Waals surface area contributed by atoms with E-state index >= 15 is 0 Å². The Hall–Kier alpha value is -1.08. The van der Waals surface area contributed by atoms with Crippen molar-refractivity contribution in [2.24, 2.45) is 0 Å².